The van der Waals surface area contributed by atoms with Crippen LogP contribution < -0.4 is 29.6 Å². The Bertz CT molecular complexity index is 34.5. The van der Waals surface area contributed by atoms with Crippen LogP contribution in [-0.2, 0) is 0 Å². The Balaban J connectivity index is -0.000000180. The van der Waals surface area contributed by atoms with E-state index in [9.17, 15) is 0 Å². The molecule has 0 unspecified atom stereocenters. The summed E-state index contributed by atoms with van der Waals surface area (Å²) in [5.41, 5.74) is 0. The largest absolute Gasteiger partial charge is 1.00 e. The van der Waals surface area contributed by atoms with Gasteiger partial charge in [-0.3, -0.25) is 0 Å². The van der Waals surface area contributed by atoms with Crippen molar-refractivity contribution in [3.05, 3.63) is 0 Å². The van der Waals surface area contributed by atoms with E-state index >= 15 is 0 Å². The van der Waals surface area contributed by atoms with Gasteiger partial charge < -0.3 is 10.4 Å². The molecule has 0 atom stereocenters. The standard InChI is InChI=1S/C6H15N.Na.H2O/c1-4-7(5-2)6-3;;/h4-6H2,1-3H3;;1H2/q;+1;/p-1. The van der Waals surface area contributed by atoms with Gasteiger partial charge in [-0.1, -0.05) is 20.8 Å². The predicted molar refractivity (Wildman–Crippen MR) is 35.4 cm³/mol. The van der Waals surface area contributed by atoms with E-state index in [1.54, 1.807) is 0 Å². The van der Waals surface area contributed by atoms with Crippen LogP contribution in [0.4, 0.5) is 0 Å². The van der Waals surface area contributed by atoms with Crippen LogP contribution >= 0.6 is 0 Å². The Kier molecular flexibility index (Phi) is 21.4. The third-order valence-electron chi connectivity index (χ3n) is 1.34. The van der Waals surface area contributed by atoms with Gasteiger partial charge in [0.25, 0.3) is 0 Å². The van der Waals surface area contributed by atoms with Gasteiger partial charge in [0.2, 0.25) is 0 Å². The molecular formula is C6H16NNaO. The first kappa shape index (κ1) is 16.5. The molecule has 0 spiro atoms. The molecule has 0 heterocycles. The molecule has 0 aromatic heterocycles. The minimum atomic E-state index is 0. The van der Waals surface area contributed by atoms with Crippen LogP contribution in [0.2, 0.25) is 0 Å². The molecule has 0 fully saturated rings. The Morgan fingerprint density at radius 3 is 1.11 bits per heavy atom. The Morgan fingerprint density at radius 2 is 1.11 bits per heavy atom. The van der Waals surface area contributed by atoms with Gasteiger partial charge in [-0.05, 0) is 19.6 Å². The second-order valence-corrected chi connectivity index (χ2v) is 1.62. The van der Waals surface area contributed by atoms with Gasteiger partial charge in [-0.25, -0.2) is 0 Å². The number of nitrogens with zero attached hydrogens (tertiary/aromatic N) is 1. The first-order chi connectivity index (χ1) is 3.35. The van der Waals surface area contributed by atoms with Crippen molar-refractivity contribution in [1.29, 1.82) is 0 Å². The topological polar surface area (TPSA) is 33.2 Å². The normalized spacial score (nSPS) is 8.00. The average Bonchev–Trinajstić information content (AvgIpc) is 1.72. The maximum absolute atomic E-state index is 2.38. The molecule has 0 radical (unpaired) electrons. The molecule has 1 N–H and O–H groups in total. The fourth-order valence-corrected chi connectivity index (χ4v) is 0.671. The van der Waals surface area contributed by atoms with Gasteiger partial charge in [-0.2, -0.15) is 0 Å². The van der Waals surface area contributed by atoms with E-state index in [1.165, 1.54) is 19.6 Å². The third kappa shape index (κ3) is 8.92. The average molecular weight is 141 g/mol. The molecule has 52 valence electrons. The molecular weight excluding hydrogens is 125 g/mol. The van der Waals surface area contributed by atoms with Crippen molar-refractivity contribution in [2.45, 2.75) is 20.8 Å². The molecule has 0 aliphatic rings. The summed E-state index contributed by atoms with van der Waals surface area (Å²) in [4.78, 5) is 2.38. The summed E-state index contributed by atoms with van der Waals surface area (Å²) < 4.78 is 0. The van der Waals surface area contributed by atoms with Crippen molar-refractivity contribution >= 4 is 0 Å². The maximum Gasteiger partial charge on any atom is 1.00 e. The van der Waals surface area contributed by atoms with Crippen LogP contribution in [0, 0.1) is 0 Å². The van der Waals surface area contributed by atoms with Crippen molar-refractivity contribution in [3.8, 4) is 0 Å². The molecule has 9 heavy (non-hydrogen) atoms. The summed E-state index contributed by atoms with van der Waals surface area (Å²) in [5, 5.41) is 0. The zero-order chi connectivity index (χ0) is 5.70. The van der Waals surface area contributed by atoms with Crippen molar-refractivity contribution < 1.29 is 35.0 Å². The molecule has 0 bridgehead atoms. The fraction of sp³-hybridized carbons (Fsp3) is 1.00. The zero-order valence-electron chi connectivity index (χ0n) is 7.02. The van der Waals surface area contributed by atoms with Gasteiger partial charge in [0, 0.05) is 0 Å². The van der Waals surface area contributed by atoms with Crippen LogP contribution in [0.1, 0.15) is 20.8 Å². The van der Waals surface area contributed by atoms with Crippen LogP contribution in [0.3, 0.4) is 0 Å². The van der Waals surface area contributed by atoms with Crippen molar-refractivity contribution in [1.82, 2.24) is 4.90 Å². The Morgan fingerprint density at radius 1 is 0.889 bits per heavy atom. The number of hydrogen-bond acceptors (Lipinski definition) is 2. The van der Waals surface area contributed by atoms with Crippen LogP contribution in [-0.4, -0.2) is 30.0 Å². The number of rotatable bonds is 3. The predicted octanol–water partition coefficient (Wildman–Crippen LogP) is -1.82. The second kappa shape index (κ2) is 11.7. The maximum atomic E-state index is 2.38. The summed E-state index contributed by atoms with van der Waals surface area (Å²) >= 11 is 0. The monoisotopic (exact) mass is 141 g/mol. The summed E-state index contributed by atoms with van der Waals surface area (Å²) in [5.74, 6) is 0. The van der Waals surface area contributed by atoms with Gasteiger partial charge in [0.05, 0.1) is 0 Å². The van der Waals surface area contributed by atoms with E-state index in [1.807, 2.05) is 0 Å². The molecule has 0 aliphatic heterocycles. The van der Waals surface area contributed by atoms with E-state index in [0.29, 0.717) is 0 Å². The van der Waals surface area contributed by atoms with Crippen LogP contribution in [0.25, 0.3) is 0 Å². The second-order valence-electron chi connectivity index (χ2n) is 1.62. The smallest absolute Gasteiger partial charge is 0.870 e. The molecule has 3 heteroatoms. The molecule has 0 aliphatic carbocycles. The van der Waals surface area contributed by atoms with Gasteiger partial charge in [0.1, 0.15) is 0 Å². The first-order valence-corrected chi connectivity index (χ1v) is 3.07. The van der Waals surface area contributed by atoms with E-state index in [2.05, 4.69) is 25.7 Å². The fourth-order valence-electron chi connectivity index (χ4n) is 0.671. The van der Waals surface area contributed by atoms with Crippen LogP contribution in [0.15, 0.2) is 0 Å². The quantitative estimate of drug-likeness (QED) is 0.433. The van der Waals surface area contributed by atoms with Crippen molar-refractivity contribution in [2.24, 2.45) is 0 Å². The van der Waals surface area contributed by atoms with E-state index in [0.717, 1.165) is 0 Å². The van der Waals surface area contributed by atoms with Crippen LogP contribution in [0.5, 0.6) is 0 Å². The molecule has 2 nitrogen and oxygen atoms in total. The minimum Gasteiger partial charge on any atom is -0.870 e. The van der Waals surface area contributed by atoms with E-state index in [-0.39, 0.29) is 35.0 Å². The zero-order valence-corrected chi connectivity index (χ0v) is 9.02. The molecule has 0 rings (SSSR count). The molecule has 0 saturated heterocycles. The van der Waals surface area contributed by atoms with Crippen molar-refractivity contribution in [2.75, 3.05) is 19.6 Å². The summed E-state index contributed by atoms with van der Waals surface area (Å²) in [6.07, 6.45) is 0. The SMILES string of the molecule is CCN(CC)CC.[Na+].[OH-]. The summed E-state index contributed by atoms with van der Waals surface area (Å²) in [6.45, 7) is 10.1. The first-order valence-electron chi connectivity index (χ1n) is 3.07. The molecule has 0 aromatic rings. The van der Waals surface area contributed by atoms with Crippen molar-refractivity contribution in [3.63, 3.8) is 0 Å². The van der Waals surface area contributed by atoms with Gasteiger partial charge in [0.15, 0.2) is 0 Å². The summed E-state index contributed by atoms with van der Waals surface area (Å²) in [7, 11) is 0. The molecule has 0 saturated carbocycles. The molecule has 0 aromatic carbocycles. The van der Waals surface area contributed by atoms with Gasteiger partial charge in [-0.15, -0.1) is 0 Å². The van der Waals surface area contributed by atoms with E-state index < -0.39 is 0 Å². The number of hydrogen-bond donors (Lipinski definition) is 0. The van der Waals surface area contributed by atoms with Gasteiger partial charge >= 0.3 is 29.6 Å². The van der Waals surface area contributed by atoms with E-state index in [4.69, 9.17) is 0 Å². The Labute approximate surface area is 80.2 Å². The molecule has 0 amide bonds. The minimum absolute atomic E-state index is 0. The third-order valence-corrected chi connectivity index (χ3v) is 1.34. The Hall–Kier alpha value is 0.920. The summed E-state index contributed by atoms with van der Waals surface area (Å²) in [6, 6.07) is 0.